The molecule has 0 aliphatic rings. The normalized spacial score (nSPS) is 12.3. The molecule has 5 heteroatoms. The molecule has 1 unspecified atom stereocenters. The number of rotatable bonds is 11. The Hall–Kier alpha value is -2.33. The van der Waals surface area contributed by atoms with E-state index in [1.54, 1.807) is 0 Å². The quantitative estimate of drug-likeness (QED) is 0.354. The molecular weight excluding hydrogens is 406 g/mol. The number of hydrogen-bond donors (Lipinski definition) is 1. The highest BCUT2D eigenvalue weighted by Gasteiger charge is 2.19. The highest BCUT2D eigenvalue weighted by molar-refractivity contribution is 6.33. The van der Waals surface area contributed by atoms with Gasteiger partial charge in [0.05, 0.1) is 16.1 Å². The van der Waals surface area contributed by atoms with E-state index in [-0.39, 0.29) is 5.92 Å². The second-order valence-electron chi connectivity index (χ2n) is 8.39. The zero-order chi connectivity index (χ0) is 22.2. The van der Waals surface area contributed by atoms with Gasteiger partial charge in [0.25, 0.3) is 0 Å². The molecule has 166 valence electrons. The molecule has 0 aliphatic carbocycles. The Morgan fingerprint density at radius 1 is 1.10 bits per heavy atom. The van der Waals surface area contributed by atoms with Crippen molar-refractivity contribution in [3.05, 3.63) is 53.1 Å². The number of benzene rings is 2. The molecule has 1 aromatic heterocycles. The number of H-pyrrole nitrogens is 1. The largest absolute Gasteiger partial charge is 0.342 e. The summed E-state index contributed by atoms with van der Waals surface area (Å²) in [6, 6.07) is 14.1. The van der Waals surface area contributed by atoms with Crippen LogP contribution in [-0.2, 0) is 11.2 Å². The maximum atomic E-state index is 12.8. The highest BCUT2D eigenvalue weighted by atomic mass is 35.5. The van der Waals surface area contributed by atoms with Crippen molar-refractivity contribution >= 4 is 28.5 Å². The molecule has 0 bridgehead atoms. The van der Waals surface area contributed by atoms with E-state index in [0.717, 1.165) is 74.0 Å². The minimum absolute atomic E-state index is 0.113. The molecule has 4 nitrogen and oxygen atoms in total. The predicted molar refractivity (Wildman–Crippen MR) is 130 cm³/mol. The number of aromatic amines is 1. The first-order chi connectivity index (χ1) is 15.0. The van der Waals surface area contributed by atoms with E-state index in [2.05, 4.69) is 42.8 Å². The van der Waals surface area contributed by atoms with Crippen molar-refractivity contribution in [1.82, 2.24) is 14.9 Å². The van der Waals surface area contributed by atoms with Crippen LogP contribution >= 0.6 is 11.6 Å². The smallest absolute Gasteiger partial charge is 0.225 e. The Balaban J connectivity index is 1.65. The Kier molecular flexibility index (Phi) is 8.53. The lowest BCUT2D eigenvalue weighted by Crippen LogP contribution is -2.36. The fourth-order valence-corrected chi connectivity index (χ4v) is 4.22. The summed E-state index contributed by atoms with van der Waals surface area (Å²) in [5.41, 5.74) is 4.07. The van der Waals surface area contributed by atoms with Crippen molar-refractivity contribution in [1.29, 1.82) is 0 Å². The third kappa shape index (κ3) is 6.10. The number of fused-ring (bicyclic) bond motifs is 1. The standard InChI is InChI=1S/C26H34ClN3O/c1-4-6-10-19(3)26(31)30(16-5-2)17-9-11-20-14-15-22(27)21(18-20)25-28-23-12-7-8-13-24(23)29-25/h7-8,12-15,18-19H,4-6,9-11,16-17H2,1-3H3,(H,28,29). The van der Waals surface area contributed by atoms with E-state index in [4.69, 9.17) is 16.6 Å². The number of nitrogens with zero attached hydrogens (tertiary/aromatic N) is 2. The molecule has 1 amide bonds. The van der Waals surface area contributed by atoms with Gasteiger partial charge in [-0.05, 0) is 55.5 Å². The van der Waals surface area contributed by atoms with Crippen LogP contribution in [-0.4, -0.2) is 33.9 Å². The van der Waals surface area contributed by atoms with Gasteiger partial charge in [0.15, 0.2) is 0 Å². The fourth-order valence-electron chi connectivity index (χ4n) is 4.01. The van der Waals surface area contributed by atoms with Crippen LogP contribution in [0.25, 0.3) is 22.4 Å². The minimum Gasteiger partial charge on any atom is -0.342 e. The molecular formula is C26H34ClN3O. The first kappa shape index (κ1) is 23.3. The molecule has 0 aliphatic heterocycles. The number of unbranched alkanes of at least 4 members (excludes halogenated alkanes) is 1. The highest BCUT2D eigenvalue weighted by Crippen LogP contribution is 2.29. The van der Waals surface area contributed by atoms with Crippen LogP contribution in [0.2, 0.25) is 5.02 Å². The second-order valence-corrected chi connectivity index (χ2v) is 8.80. The van der Waals surface area contributed by atoms with Crippen LogP contribution in [0.15, 0.2) is 42.5 Å². The summed E-state index contributed by atoms with van der Waals surface area (Å²) in [6.07, 6.45) is 6.06. The van der Waals surface area contributed by atoms with Crippen molar-refractivity contribution in [3.63, 3.8) is 0 Å². The molecule has 0 radical (unpaired) electrons. The number of imidazole rings is 1. The molecule has 2 aromatic carbocycles. The second kappa shape index (κ2) is 11.3. The molecule has 0 fully saturated rings. The zero-order valence-electron chi connectivity index (χ0n) is 19.0. The topological polar surface area (TPSA) is 49.0 Å². The third-order valence-electron chi connectivity index (χ3n) is 5.79. The molecule has 31 heavy (non-hydrogen) atoms. The van der Waals surface area contributed by atoms with E-state index in [9.17, 15) is 4.79 Å². The average Bonchev–Trinajstić information content (AvgIpc) is 3.21. The number of amides is 1. The lowest BCUT2D eigenvalue weighted by atomic mass is 10.0. The maximum Gasteiger partial charge on any atom is 0.225 e. The fraction of sp³-hybridized carbons (Fsp3) is 0.462. The van der Waals surface area contributed by atoms with Crippen LogP contribution in [0.1, 0.15) is 58.4 Å². The van der Waals surface area contributed by atoms with E-state index in [1.807, 2.05) is 30.3 Å². The number of aromatic nitrogens is 2. The minimum atomic E-state index is 0.113. The van der Waals surface area contributed by atoms with Crippen molar-refractivity contribution in [2.24, 2.45) is 5.92 Å². The molecule has 1 heterocycles. The molecule has 1 N–H and O–H groups in total. The van der Waals surface area contributed by atoms with Crippen molar-refractivity contribution in [2.75, 3.05) is 13.1 Å². The van der Waals surface area contributed by atoms with Gasteiger partial charge < -0.3 is 9.88 Å². The van der Waals surface area contributed by atoms with Crippen LogP contribution in [0.4, 0.5) is 0 Å². The van der Waals surface area contributed by atoms with Gasteiger partial charge >= 0.3 is 0 Å². The lowest BCUT2D eigenvalue weighted by molar-refractivity contribution is -0.135. The zero-order valence-corrected chi connectivity index (χ0v) is 19.7. The number of halogens is 1. The number of para-hydroxylation sites is 2. The monoisotopic (exact) mass is 439 g/mol. The molecule has 3 aromatic rings. The van der Waals surface area contributed by atoms with Gasteiger partial charge in [0.1, 0.15) is 5.82 Å². The summed E-state index contributed by atoms with van der Waals surface area (Å²) in [6.45, 7) is 8.01. The van der Waals surface area contributed by atoms with Gasteiger partial charge in [-0.25, -0.2) is 4.98 Å². The van der Waals surface area contributed by atoms with Crippen LogP contribution in [0, 0.1) is 5.92 Å². The van der Waals surface area contributed by atoms with Crippen molar-refractivity contribution in [2.45, 2.75) is 59.3 Å². The summed E-state index contributed by atoms with van der Waals surface area (Å²) in [5.74, 6) is 1.21. The Labute approximate surface area is 191 Å². The molecule has 0 saturated heterocycles. The van der Waals surface area contributed by atoms with E-state index in [0.29, 0.717) is 10.9 Å². The van der Waals surface area contributed by atoms with Crippen molar-refractivity contribution < 1.29 is 4.79 Å². The first-order valence-electron chi connectivity index (χ1n) is 11.6. The molecule has 1 atom stereocenters. The van der Waals surface area contributed by atoms with Crippen LogP contribution < -0.4 is 0 Å². The van der Waals surface area contributed by atoms with E-state index >= 15 is 0 Å². The van der Waals surface area contributed by atoms with Gasteiger partial charge in [0.2, 0.25) is 5.91 Å². The van der Waals surface area contributed by atoms with Gasteiger partial charge in [-0.3, -0.25) is 4.79 Å². The number of carbonyl (C=O) groups is 1. The van der Waals surface area contributed by atoms with Gasteiger partial charge in [0, 0.05) is 24.6 Å². The summed E-state index contributed by atoms with van der Waals surface area (Å²) in [7, 11) is 0. The van der Waals surface area contributed by atoms with E-state index < -0.39 is 0 Å². The summed E-state index contributed by atoms with van der Waals surface area (Å²) >= 11 is 6.49. The van der Waals surface area contributed by atoms with Crippen molar-refractivity contribution in [3.8, 4) is 11.4 Å². The number of hydrogen-bond acceptors (Lipinski definition) is 2. The van der Waals surface area contributed by atoms with Crippen LogP contribution in [0.3, 0.4) is 0 Å². The van der Waals surface area contributed by atoms with Gasteiger partial charge in [-0.2, -0.15) is 0 Å². The first-order valence-corrected chi connectivity index (χ1v) is 11.9. The molecule has 0 spiro atoms. The maximum absolute atomic E-state index is 12.8. The number of aryl methyl sites for hydroxylation is 1. The average molecular weight is 440 g/mol. The Morgan fingerprint density at radius 3 is 2.65 bits per heavy atom. The van der Waals surface area contributed by atoms with Gasteiger partial charge in [-0.1, -0.05) is 63.4 Å². The summed E-state index contributed by atoms with van der Waals surface area (Å²) < 4.78 is 0. The number of carbonyl (C=O) groups excluding carboxylic acids is 1. The lowest BCUT2D eigenvalue weighted by Gasteiger charge is -2.25. The van der Waals surface area contributed by atoms with Crippen LogP contribution in [0.5, 0.6) is 0 Å². The summed E-state index contributed by atoms with van der Waals surface area (Å²) in [4.78, 5) is 23.0. The third-order valence-corrected chi connectivity index (χ3v) is 6.12. The molecule has 3 rings (SSSR count). The predicted octanol–water partition coefficient (Wildman–Crippen LogP) is 6.88. The Morgan fingerprint density at radius 2 is 1.90 bits per heavy atom. The van der Waals surface area contributed by atoms with E-state index in [1.165, 1.54) is 5.56 Å². The van der Waals surface area contributed by atoms with Gasteiger partial charge in [-0.15, -0.1) is 0 Å². The SMILES string of the molecule is CCCCC(C)C(=O)N(CCC)CCCc1ccc(Cl)c(-c2nc3ccccc3[nH]2)c1. The Bertz CT molecular complexity index is 964. The molecule has 0 saturated carbocycles. The summed E-state index contributed by atoms with van der Waals surface area (Å²) in [5, 5.41) is 0.690. The number of nitrogens with one attached hydrogen (secondary N) is 1.